The number of anilines is 1. The molecule has 1 unspecified atom stereocenters. The van der Waals surface area contributed by atoms with Crippen molar-refractivity contribution in [2.45, 2.75) is 12.3 Å². The molecule has 0 aliphatic carbocycles. The van der Waals surface area contributed by atoms with E-state index in [-0.39, 0.29) is 6.54 Å². The molecule has 33 heavy (non-hydrogen) atoms. The zero-order chi connectivity index (χ0) is 23.4. The van der Waals surface area contributed by atoms with Crippen LogP contribution in [0.2, 0.25) is 5.02 Å². The number of aliphatic hydroxyl groups excluding tert-OH is 1. The van der Waals surface area contributed by atoms with E-state index in [1.165, 1.54) is 18.5 Å². The number of rotatable bonds is 6. The van der Waals surface area contributed by atoms with E-state index >= 15 is 0 Å². The summed E-state index contributed by atoms with van der Waals surface area (Å²) in [6.45, 7) is 0.174. The molecular weight excluding hydrogens is 453 g/mol. The summed E-state index contributed by atoms with van der Waals surface area (Å²) in [6, 6.07) is 18.1. The predicted octanol–water partition coefficient (Wildman–Crippen LogP) is 6.02. The minimum absolute atomic E-state index is 0.174. The quantitative estimate of drug-likeness (QED) is 0.360. The molecule has 2 aromatic heterocycles. The fourth-order valence-electron chi connectivity index (χ4n) is 3.24. The highest BCUT2D eigenvalue weighted by atomic mass is 35.5. The number of nitrogens with zero attached hydrogens (tertiary/aromatic N) is 3. The molecule has 0 saturated heterocycles. The van der Waals surface area contributed by atoms with Crippen LogP contribution in [-0.2, 0) is 6.18 Å². The van der Waals surface area contributed by atoms with Crippen molar-refractivity contribution in [3.8, 4) is 22.5 Å². The Morgan fingerprint density at radius 1 is 0.879 bits per heavy atom. The lowest BCUT2D eigenvalue weighted by Gasteiger charge is -2.14. The van der Waals surface area contributed by atoms with Crippen LogP contribution in [0.1, 0.15) is 17.2 Å². The van der Waals surface area contributed by atoms with Crippen LogP contribution < -0.4 is 5.32 Å². The number of hydrogen-bond donors (Lipinski definition) is 2. The van der Waals surface area contributed by atoms with Gasteiger partial charge in [0.05, 0.1) is 28.1 Å². The van der Waals surface area contributed by atoms with Gasteiger partial charge in [0, 0.05) is 29.9 Å². The van der Waals surface area contributed by atoms with E-state index in [9.17, 15) is 18.3 Å². The average molecular weight is 471 g/mol. The fraction of sp³-hybridized carbons (Fsp3) is 0.125. The second-order valence-corrected chi connectivity index (χ2v) is 7.62. The molecule has 1 atom stereocenters. The minimum atomic E-state index is -4.53. The number of benzene rings is 2. The first kappa shape index (κ1) is 22.7. The molecule has 2 N–H and O–H groups in total. The van der Waals surface area contributed by atoms with Crippen molar-refractivity contribution >= 4 is 17.4 Å². The van der Waals surface area contributed by atoms with E-state index in [2.05, 4.69) is 20.3 Å². The van der Waals surface area contributed by atoms with Crippen molar-refractivity contribution in [3.63, 3.8) is 0 Å². The molecule has 9 heteroatoms. The van der Waals surface area contributed by atoms with Gasteiger partial charge in [-0.3, -0.25) is 4.98 Å². The molecule has 0 spiro atoms. The summed E-state index contributed by atoms with van der Waals surface area (Å²) in [6.07, 6.45) is -2.32. The van der Waals surface area contributed by atoms with Crippen molar-refractivity contribution < 1.29 is 18.3 Å². The summed E-state index contributed by atoms with van der Waals surface area (Å²) in [7, 11) is 0. The molecule has 0 saturated carbocycles. The molecule has 4 aromatic rings. The van der Waals surface area contributed by atoms with Gasteiger partial charge in [-0.15, -0.1) is 0 Å². The average Bonchev–Trinajstić information content (AvgIpc) is 2.82. The summed E-state index contributed by atoms with van der Waals surface area (Å²) in [5.74, 6) is 0.417. The summed E-state index contributed by atoms with van der Waals surface area (Å²) >= 11 is 5.81. The third-order valence-corrected chi connectivity index (χ3v) is 5.28. The molecule has 0 amide bonds. The summed E-state index contributed by atoms with van der Waals surface area (Å²) in [4.78, 5) is 12.5. The van der Waals surface area contributed by atoms with Gasteiger partial charge in [0.2, 0.25) is 0 Å². The van der Waals surface area contributed by atoms with E-state index < -0.39 is 22.9 Å². The highest BCUT2D eigenvalue weighted by Gasteiger charge is 2.33. The van der Waals surface area contributed by atoms with E-state index in [0.29, 0.717) is 22.6 Å². The number of aromatic nitrogens is 3. The van der Waals surface area contributed by atoms with Crippen molar-refractivity contribution in [3.05, 3.63) is 95.4 Å². The molecule has 0 aliphatic heterocycles. The predicted molar refractivity (Wildman–Crippen MR) is 121 cm³/mol. The van der Waals surface area contributed by atoms with E-state index in [0.717, 1.165) is 17.3 Å². The van der Waals surface area contributed by atoms with Crippen molar-refractivity contribution in [2.24, 2.45) is 0 Å². The van der Waals surface area contributed by atoms with Crippen LogP contribution >= 0.6 is 11.6 Å². The van der Waals surface area contributed by atoms with Crippen LogP contribution in [0.15, 0.2) is 79.3 Å². The van der Waals surface area contributed by atoms with Gasteiger partial charge < -0.3 is 10.4 Å². The third kappa shape index (κ3) is 5.47. The number of aliphatic hydroxyl groups is 1. The SMILES string of the molecule is OC(CNc1cc(-c2ccc(C(F)(F)F)c(Cl)c2)ncn1)c1ccc(-c2ccccn2)cc1. The van der Waals surface area contributed by atoms with Gasteiger partial charge in [-0.05, 0) is 29.8 Å². The zero-order valence-electron chi connectivity index (χ0n) is 17.1. The Morgan fingerprint density at radius 2 is 1.64 bits per heavy atom. The lowest BCUT2D eigenvalue weighted by molar-refractivity contribution is -0.137. The maximum atomic E-state index is 12.9. The van der Waals surface area contributed by atoms with E-state index in [1.807, 2.05) is 42.5 Å². The van der Waals surface area contributed by atoms with Crippen LogP contribution in [0.3, 0.4) is 0 Å². The first-order chi connectivity index (χ1) is 15.8. The Morgan fingerprint density at radius 3 is 2.30 bits per heavy atom. The third-order valence-electron chi connectivity index (χ3n) is 4.97. The smallest absolute Gasteiger partial charge is 0.387 e. The maximum Gasteiger partial charge on any atom is 0.417 e. The molecule has 0 radical (unpaired) electrons. The first-order valence-electron chi connectivity index (χ1n) is 9.94. The van der Waals surface area contributed by atoms with Gasteiger partial charge in [-0.25, -0.2) is 9.97 Å². The van der Waals surface area contributed by atoms with Crippen LogP contribution in [0.25, 0.3) is 22.5 Å². The van der Waals surface area contributed by atoms with Gasteiger partial charge in [0.25, 0.3) is 0 Å². The van der Waals surface area contributed by atoms with Gasteiger partial charge in [-0.2, -0.15) is 13.2 Å². The highest BCUT2D eigenvalue weighted by Crippen LogP contribution is 2.36. The lowest BCUT2D eigenvalue weighted by atomic mass is 10.0. The molecule has 2 heterocycles. The maximum absolute atomic E-state index is 12.9. The monoisotopic (exact) mass is 470 g/mol. The molecule has 5 nitrogen and oxygen atoms in total. The lowest BCUT2D eigenvalue weighted by Crippen LogP contribution is -2.13. The molecule has 2 aromatic carbocycles. The Labute approximate surface area is 193 Å². The van der Waals surface area contributed by atoms with Crippen LogP contribution in [0.4, 0.5) is 19.0 Å². The molecule has 0 bridgehead atoms. The Bertz CT molecular complexity index is 1230. The van der Waals surface area contributed by atoms with Crippen molar-refractivity contribution in [1.29, 1.82) is 0 Å². The molecular formula is C24H18ClF3N4O. The molecule has 0 fully saturated rings. The van der Waals surface area contributed by atoms with Crippen molar-refractivity contribution in [2.75, 3.05) is 11.9 Å². The van der Waals surface area contributed by atoms with Crippen LogP contribution in [0, 0.1) is 0 Å². The van der Waals surface area contributed by atoms with Gasteiger partial charge in [0.1, 0.15) is 12.1 Å². The summed E-state index contributed by atoms with van der Waals surface area (Å²) in [5, 5.41) is 13.1. The van der Waals surface area contributed by atoms with E-state index in [1.54, 1.807) is 12.3 Å². The van der Waals surface area contributed by atoms with Gasteiger partial charge in [0.15, 0.2) is 0 Å². The van der Waals surface area contributed by atoms with Crippen LogP contribution in [-0.4, -0.2) is 26.6 Å². The largest absolute Gasteiger partial charge is 0.417 e. The number of pyridine rings is 1. The Balaban J connectivity index is 1.43. The number of alkyl halides is 3. The molecule has 0 aliphatic rings. The number of hydrogen-bond acceptors (Lipinski definition) is 5. The fourth-order valence-corrected chi connectivity index (χ4v) is 3.53. The molecule has 168 valence electrons. The van der Waals surface area contributed by atoms with Crippen molar-refractivity contribution in [1.82, 2.24) is 15.0 Å². The second kappa shape index (κ2) is 9.56. The topological polar surface area (TPSA) is 70.9 Å². The number of halogens is 4. The summed E-state index contributed by atoms with van der Waals surface area (Å²) < 4.78 is 38.8. The zero-order valence-corrected chi connectivity index (χ0v) is 17.8. The summed E-state index contributed by atoms with van der Waals surface area (Å²) in [5.41, 5.74) is 2.41. The molecule has 4 rings (SSSR count). The second-order valence-electron chi connectivity index (χ2n) is 7.21. The first-order valence-corrected chi connectivity index (χ1v) is 10.3. The van der Waals surface area contributed by atoms with Gasteiger partial charge in [-0.1, -0.05) is 48.0 Å². The normalized spacial score (nSPS) is 12.4. The minimum Gasteiger partial charge on any atom is -0.387 e. The Kier molecular flexibility index (Phi) is 6.57. The standard InChI is InChI=1S/C24H18ClF3N4O/c25-19-11-17(8-9-18(19)24(26,27)28)21-12-23(32-14-31-21)30-13-22(33)16-6-4-15(5-7-16)20-3-1-2-10-29-20/h1-12,14,22,33H,13H2,(H,30,31,32). The highest BCUT2D eigenvalue weighted by molar-refractivity contribution is 6.31. The van der Waals surface area contributed by atoms with Gasteiger partial charge >= 0.3 is 6.18 Å². The van der Waals surface area contributed by atoms with Crippen LogP contribution in [0.5, 0.6) is 0 Å². The number of nitrogens with one attached hydrogen (secondary N) is 1. The van der Waals surface area contributed by atoms with E-state index in [4.69, 9.17) is 11.6 Å². The Hall–Kier alpha value is -3.49.